The zero-order chi connectivity index (χ0) is 14.2. The average Bonchev–Trinajstić information content (AvgIpc) is 2.33. The number of carbonyl (C=O) groups is 1. The molecule has 0 aliphatic carbocycles. The summed E-state index contributed by atoms with van der Waals surface area (Å²) in [6.45, 7) is 0. The summed E-state index contributed by atoms with van der Waals surface area (Å²) in [5.74, 6) is -2.22. The van der Waals surface area contributed by atoms with Crippen molar-refractivity contribution in [1.29, 1.82) is 0 Å². The number of halogens is 3. The molecular weight excluding hydrogens is 267 g/mol. The van der Waals surface area contributed by atoms with E-state index in [9.17, 15) is 27.6 Å². The van der Waals surface area contributed by atoms with E-state index < -0.39 is 23.2 Å². The van der Waals surface area contributed by atoms with Crippen molar-refractivity contribution in [2.45, 2.75) is 6.18 Å². The van der Waals surface area contributed by atoms with Crippen LogP contribution in [-0.2, 0) is 4.79 Å². The molecule has 0 unspecified atom stereocenters. The van der Waals surface area contributed by atoms with Crippen LogP contribution in [0.5, 0.6) is 0 Å². The van der Waals surface area contributed by atoms with Gasteiger partial charge in [0.1, 0.15) is 0 Å². The van der Waals surface area contributed by atoms with E-state index in [4.69, 9.17) is 0 Å². The number of amides is 1. The highest BCUT2D eigenvalue weighted by Crippen LogP contribution is 2.21. The quantitative estimate of drug-likeness (QED) is 0.714. The summed E-state index contributed by atoms with van der Waals surface area (Å²) in [5.41, 5.74) is -1.88. The topological polar surface area (TPSA) is 94.8 Å². The lowest BCUT2D eigenvalue weighted by atomic mass is 10.1. The first-order valence-electron chi connectivity index (χ1n) is 4.92. The molecule has 2 aromatic rings. The van der Waals surface area contributed by atoms with Crippen LogP contribution in [0.1, 0.15) is 0 Å². The zero-order valence-electron chi connectivity index (χ0n) is 9.09. The van der Waals surface area contributed by atoms with E-state index in [2.05, 4.69) is 0 Å². The Hall–Kier alpha value is -2.58. The van der Waals surface area contributed by atoms with Crippen LogP contribution in [-0.4, -0.2) is 22.3 Å². The van der Waals surface area contributed by atoms with Crippen molar-refractivity contribution in [2.24, 2.45) is 0 Å². The minimum Gasteiger partial charge on any atom is -0.317 e. The van der Waals surface area contributed by atoms with Crippen molar-refractivity contribution < 1.29 is 18.0 Å². The van der Waals surface area contributed by atoms with E-state index in [0.29, 0.717) is 0 Å². The summed E-state index contributed by atoms with van der Waals surface area (Å²) in [5, 5.41) is 5.11. The first kappa shape index (κ1) is 12.9. The van der Waals surface area contributed by atoms with Gasteiger partial charge in [0.15, 0.2) is 0 Å². The van der Waals surface area contributed by atoms with Gasteiger partial charge < -0.3 is 5.32 Å². The number of rotatable bonds is 1. The molecule has 0 saturated carbocycles. The molecule has 0 aliphatic rings. The second kappa shape index (κ2) is 4.26. The summed E-state index contributed by atoms with van der Waals surface area (Å²) in [6, 6.07) is 3.61. The Bertz CT molecular complexity index is 760. The van der Waals surface area contributed by atoms with E-state index in [1.807, 2.05) is 10.2 Å². The highest BCUT2D eigenvalue weighted by Gasteiger charge is 2.39. The van der Waals surface area contributed by atoms with Gasteiger partial charge in [-0.1, -0.05) is 6.07 Å². The fraction of sp³-hybridized carbons (Fsp3) is 0.100. The van der Waals surface area contributed by atoms with Crippen LogP contribution >= 0.6 is 0 Å². The van der Waals surface area contributed by atoms with Crippen molar-refractivity contribution in [1.82, 2.24) is 10.2 Å². The van der Waals surface area contributed by atoms with E-state index in [-0.39, 0.29) is 16.5 Å². The molecule has 0 atom stereocenters. The molecule has 9 heteroatoms. The molecule has 6 nitrogen and oxygen atoms in total. The molecule has 1 amide bonds. The van der Waals surface area contributed by atoms with Gasteiger partial charge in [0.05, 0.1) is 16.5 Å². The van der Waals surface area contributed by atoms with Crippen LogP contribution in [0.15, 0.2) is 27.8 Å². The van der Waals surface area contributed by atoms with Crippen LogP contribution in [0.3, 0.4) is 0 Å². The van der Waals surface area contributed by atoms with Crippen LogP contribution in [0.4, 0.5) is 18.9 Å². The Morgan fingerprint density at radius 2 is 1.74 bits per heavy atom. The molecule has 0 spiro atoms. The number of anilines is 1. The monoisotopic (exact) mass is 273 g/mol. The maximum Gasteiger partial charge on any atom is 0.471 e. The summed E-state index contributed by atoms with van der Waals surface area (Å²) in [7, 11) is 0. The fourth-order valence-corrected chi connectivity index (χ4v) is 1.53. The number of H-pyrrole nitrogens is 2. The number of hydrogen-bond donors (Lipinski definition) is 3. The lowest BCUT2D eigenvalue weighted by Crippen LogP contribution is -2.31. The van der Waals surface area contributed by atoms with Gasteiger partial charge in [-0.05, 0) is 12.1 Å². The lowest BCUT2D eigenvalue weighted by Gasteiger charge is -2.09. The first-order chi connectivity index (χ1) is 8.80. The normalized spacial score (nSPS) is 11.5. The SMILES string of the molecule is O=C(Nc1cccc2c(=O)[nH][nH]c(=O)c12)C(F)(F)F. The Balaban J connectivity index is 2.63. The lowest BCUT2D eigenvalue weighted by molar-refractivity contribution is -0.167. The van der Waals surface area contributed by atoms with Gasteiger partial charge in [-0.25, -0.2) is 0 Å². The Morgan fingerprint density at radius 1 is 1.11 bits per heavy atom. The Morgan fingerprint density at radius 3 is 2.37 bits per heavy atom. The number of benzene rings is 1. The number of fused-ring (bicyclic) bond motifs is 1. The molecule has 1 aromatic heterocycles. The first-order valence-corrected chi connectivity index (χ1v) is 4.92. The van der Waals surface area contributed by atoms with Crippen LogP contribution in [0, 0.1) is 0 Å². The van der Waals surface area contributed by atoms with Crippen molar-refractivity contribution in [3.63, 3.8) is 0 Å². The molecule has 0 fully saturated rings. The molecular formula is C10H6F3N3O3. The largest absolute Gasteiger partial charge is 0.471 e. The van der Waals surface area contributed by atoms with Crippen LogP contribution < -0.4 is 16.4 Å². The van der Waals surface area contributed by atoms with Gasteiger partial charge >= 0.3 is 12.1 Å². The summed E-state index contributed by atoms with van der Waals surface area (Å²) in [4.78, 5) is 33.8. The van der Waals surface area contributed by atoms with E-state index in [1.165, 1.54) is 12.1 Å². The Kier molecular flexibility index (Phi) is 2.89. The third-order valence-corrected chi connectivity index (χ3v) is 2.33. The molecule has 0 bridgehead atoms. The minimum absolute atomic E-state index is 0.122. The molecule has 100 valence electrons. The number of carbonyl (C=O) groups excluding carboxylic acids is 1. The van der Waals surface area contributed by atoms with Gasteiger partial charge in [0, 0.05) is 0 Å². The van der Waals surface area contributed by atoms with Gasteiger partial charge in [0.25, 0.3) is 11.1 Å². The number of alkyl halides is 3. The maximum atomic E-state index is 12.1. The number of nitrogens with one attached hydrogen (secondary N) is 3. The third-order valence-electron chi connectivity index (χ3n) is 2.33. The molecule has 1 aromatic carbocycles. The van der Waals surface area contributed by atoms with Crippen LogP contribution in [0.2, 0.25) is 0 Å². The highest BCUT2D eigenvalue weighted by atomic mass is 19.4. The molecule has 3 N–H and O–H groups in total. The minimum atomic E-state index is -5.09. The van der Waals surface area contributed by atoms with E-state index >= 15 is 0 Å². The molecule has 2 rings (SSSR count). The molecule has 1 heterocycles. The number of aromatic nitrogens is 2. The van der Waals surface area contributed by atoms with E-state index in [0.717, 1.165) is 6.07 Å². The third kappa shape index (κ3) is 2.34. The fourth-order valence-electron chi connectivity index (χ4n) is 1.53. The predicted octanol–water partition coefficient (Wildman–Crippen LogP) is 0.717. The maximum absolute atomic E-state index is 12.1. The van der Waals surface area contributed by atoms with Crippen molar-refractivity contribution in [3.8, 4) is 0 Å². The average molecular weight is 273 g/mol. The predicted molar refractivity (Wildman–Crippen MR) is 59.9 cm³/mol. The Labute approximate surface area is 102 Å². The van der Waals surface area contributed by atoms with Gasteiger partial charge in [0.2, 0.25) is 0 Å². The van der Waals surface area contributed by atoms with Crippen molar-refractivity contribution in [2.75, 3.05) is 5.32 Å². The number of hydrogen-bond acceptors (Lipinski definition) is 3. The highest BCUT2D eigenvalue weighted by molar-refractivity contribution is 6.03. The van der Waals surface area contributed by atoms with Crippen LogP contribution in [0.25, 0.3) is 10.8 Å². The molecule has 0 saturated heterocycles. The second-order valence-corrected chi connectivity index (χ2v) is 3.59. The summed E-state index contributed by atoms with van der Waals surface area (Å²) >= 11 is 0. The summed E-state index contributed by atoms with van der Waals surface area (Å²) < 4.78 is 36.4. The number of aromatic amines is 2. The van der Waals surface area contributed by atoms with Crippen molar-refractivity contribution in [3.05, 3.63) is 38.9 Å². The van der Waals surface area contributed by atoms with Gasteiger partial charge in [-0.3, -0.25) is 24.6 Å². The van der Waals surface area contributed by atoms with Crippen molar-refractivity contribution >= 4 is 22.4 Å². The van der Waals surface area contributed by atoms with Gasteiger partial charge in [-0.2, -0.15) is 13.2 Å². The smallest absolute Gasteiger partial charge is 0.317 e. The van der Waals surface area contributed by atoms with Gasteiger partial charge in [-0.15, -0.1) is 0 Å². The second-order valence-electron chi connectivity index (χ2n) is 3.59. The standard InChI is InChI=1S/C10H6F3N3O3/c11-10(12,13)9(19)14-5-3-1-2-4-6(5)8(18)16-15-7(4)17/h1-3H,(H,14,19)(H,15,17)(H,16,18). The van der Waals surface area contributed by atoms with E-state index in [1.54, 1.807) is 5.32 Å². The molecule has 19 heavy (non-hydrogen) atoms. The zero-order valence-corrected chi connectivity index (χ0v) is 9.09. The molecule has 0 aliphatic heterocycles. The summed E-state index contributed by atoms with van der Waals surface area (Å²) in [6.07, 6.45) is -5.09. The molecule has 0 radical (unpaired) electrons.